The van der Waals surface area contributed by atoms with Crippen LogP contribution in [0.25, 0.3) is 0 Å². The average Bonchev–Trinajstić information content (AvgIpc) is 2.59. The molecule has 0 amide bonds. The molecule has 18 heavy (non-hydrogen) atoms. The third-order valence-corrected chi connectivity index (χ3v) is 4.46. The fraction of sp³-hybridized carbons (Fsp3) is 0.667. The molecule has 1 aliphatic carbocycles. The van der Waals surface area contributed by atoms with Gasteiger partial charge < -0.3 is 5.32 Å². The standard InChI is InChI=1S/C15H23ClN2/c1-17-10-14-6-4-2-3-5-12(14)9-13-7-8-18-11-15(13)16/h7-8,11-12,14,17H,2-6,9-10H2,1H3. The first-order valence-corrected chi connectivity index (χ1v) is 7.42. The van der Waals surface area contributed by atoms with Gasteiger partial charge in [-0.15, -0.1) is 0 Å². The molecule has 1 fully saturated rings. The van der Waals surface area contributed by atoms with Crippen molar-refractivity contribution in [2.75, 3.05) is 13.6 Å². The SMILES string of the molecule is CNCC1CCCCCC1Cc1ccncc1Cl. The van der Waals surface area contributed by atoms with Crippen LogP contribution >= 0.6 is 11.6 Å². The van der Waals surface area contributed by atoms with E-state index in [1.807, 2.05) is 6.20 Å². The summed E-state index contributed by atoms with van der Waals surface area (Å²) < 4.78 is 0. The number of nitrogens with zero attached hydrogens (tertiary/aromatic N) is 1. The number of pyridine rings is 1. The first-order chi connectivity index (χ1) is 8.81. The van der Waals surface area contributed by atoms with Gasteiger partial charge >= 0.3 is 0 Å². The quantitative estimate of drug-likeness (QED) is 0.841. The highest BCUT2D eigenvalue weighted by Crippen LogP contribution is 2.32. The van der Waals surface area contributed by atoms with Crippen LogP contribution in [0.4, 0.5) is 0 Å². The van der Waals surface area contributed by atoms with E-state index >= 15 is 0 Å². The van der Waals surface area contributed by atoms with Crippen LogP contribution in [-0.2, 0) is 6.42 Å². The van der Waals surface area contributed by atoms with Crippen LogP contribution in [0.5, 0.6) is 0 Å². The highest BCUT2D eigenvalue weighted by Gasteiger charge is 2.23. The van der Waals surface area contributed by atoms with Crippen molar-refractivity contribution < 1.29 is 0 Å². The predicted molar refractivity (Wildman–Crippen MR) is 76.9 cm³/mol. The third-order valence-electron chi connectivity index (χ3n) is 4.12. The van der Waals surface area contributed by atoms with Crippen molar-refractivity contribution in [2.24, 2.45) is 11.8 Å². The maximum absolute atomic E-state index is 6.23. The lowest BCUT2D eigenvalue weighted by Gasteiger charge is -2.25. The van der Waals surface area contributed by atoms with Crippen LogP contribution in [0.15, 0.2) is 18.5 Å². The van der Waals surface area contributed by atoms with Crippen molar-refractivity contribution in [3.63, 3.8) is 0 Å². The molecule has 2 unspecified atom stereocenters. The van der Waals surface area contributed by atoms with Crippen LogP contribution < -0.4 is 5.32 Å². The molecule has 1 aliphatic rings. The molecule has 0 bridgehead atoms. The van der Waals surface area contributed by atoms with Crippen molar-refractivity contribution in [3.05, 3.63) is 29.0 Å². The Morgan fingerprint density at radius 1 is 1.28 bits per heavy atom. The van der Waals surface area contributed by atoms with Gasteiger partial charge in [0.2, 0.25) is 0 Å². The molecule has 1 heterocycles. The summed E-state index contributed by atoms with van der Waals surface area (Å²) in [5, 5.41) is 4.17. The molecular formula is C15H23ClN2. The second-order valence-corrected chi connectivity index (χ2v) is 5.79. The smallest absolute Gasteiger partial charge is 0.0621 e. The summed E-state index contributed by atoms with van der Waals surface area (Å²) in [5.41, 5.74) is 1.26. The number of hydrogen-bond donors (Lipinski definition) is 1. The minimum absolute atomic E-state index is 0.764. The molecule has 2 atom stereocenters. The zero-order valence-corrected chi connectivity index (χ0v) is 11.9. The maximum Gasteiger partial charge on any atom is 0.0621 e. The molecule has 0 radical (unpaired) electrons. The van der Waals surface area contributed by atoms with Crippen molar-refractivity contribution in [2.45, 2.75) is 38.5 Å². The van der Waals surface area contributed by atoms with E-state index in [1.165, 1.54) is 37.7 Å². The van der Waals surface area contributed by atoms with Crippen molar-refractivity contribution in [3.8, 4) is 0 Å². The lowest BCUT2D eigenvalue weighted by molar-refractivity contribution is 0.304. The van der Waals surface area contributed by atoms with E-state index < -0.39 is 0 Å². The van der Waals surface area contributed by atoms with Gasteiger partial charge in [-0.2, -0.15) is 0 Å². The normalized spacial score (nSPS) is 24.8. The predicted octanol–water partition coefficient (Wildman–Crippen LogP) is 3.69. The van der Waals surface area contributed by atoms with Gasteiger partial charge in [0.1, 0.15) is 0 Å². The summed E-state index contributed by atoms with van der Waals surface area (Å²) in [6.07, 6.45) is 11.6. The van der Waals surface area contributed by atoms with E-state index in [4.69, 9.17) is 11.6 Å². The van der Waals surface area contributed by atoms with E-state index in [1.54, 1.807) is 6.20 Å². The molecular weight excluding hydrogens is 244 g/mol. The monoisotopic (exact) mass is 266 g/mol. The van der Waals surface area contributed by atoms with Crippen LogP contribution in [0.2, 0.25) is 5.02 Å². The van der Waals surface area contributed by atoms with E-state index in [-0.39, 0.29) is 0 Å². The molecule has 2 nitrogen and oxygen atoms in total. The Morgan fingerprint density at radius 2 is 2.06 bits per heavy atom. The lowest BCUT2D eigenvalue weighted by Crippen LogP contribution is -2.26. The third kappa shape index (κ3) is 3.69. The molecule has 0 spiro atoms. The van der Waals surface area contributed by atoms with Gasteiger partial charge in [-0.25, -0.2) is 0 Å². The Hall–Kier alpha value is -0.600. The van der Waals surface area contributed by atoms with Gasteiger partial charge in [-0.3, -0.25) is 4.98 Å². The van der Waals surface area contributed by atoms with Crippen LogP contribution in [-0.4, -0.2) is 18.6 Å². The zero-order chi connectivity index (χ0) is 12.8. The van der Waals surface area contributed by atoms with E-state index in [0.29, 0.717) is 0 Å². The summed E-state index contributed by atoms with van der Waals surface area (Å²) in [4.78, 5) is 4.07. The van der Waals surface area contributed by atoms with Gasteiger partial charge in [-0.05, 0) is 56.3 Å². The number of aromatic nitrogens is 1. The lowest BCUT2D eigenvalue weighted by atomic mass is 9.83. The Labute approximate surface area is 115 Å². The summed E-state index contributed by atoms with van der Waals surface area (Å²) in [7, 11) is 2.06. The summed E-state index contributed by atoms with van der Waals surface area (Å²) in [5.74, 6) is 1.56. The summed E-state index contributed by atoms with van der Waals surface area (Å²) in [6, 6.07) is 2.07. The largest absolute Gasteiger partial charge is 0.319 e. The van der Waals surface area contributed by atoms with Gasteiger partial charge in [0, 0.05) is 12.4 Å². The molecule has 1 saturated carbocycles. The van der Waals surface area contributed by atoms with Gasteiger partial charge in [0.25, 0.3) is 0 Å². The van der Waals surface area contributed by atoms with E-state index in [2.05, 4.69) is 23.4 Å². The molecule has 0 saturated heterocycles. The fourth-order valence-electron chi connectivity index (χ4n) is 3.11. The Balaban J connectivity index is 2.06. The fourth-order valence-corrected chi connectivity index (χ4v) is 3.31. The Kier molecular flexibility index (Phi) is 5.45. The molecule has 1 N–H and O–H groups in total. The van der Waals surface area contributed by atoms with Gasteiger partial charge in [0.05, 0.1) is 5.02 Å². The second-order valence-electron chi connectivity index (χ2n) is 5.39. The molecule has 0 aromatic carbocycles. The van der Waals surface area contributed by atoms with Gasteiger partial charge in [0.15, 0.2) is 0 Å². The Morgan fingerprint density at radius 3 is 2.78 bits per heavy atom. The molecule has 2 rings (SSSR count). The van der Waals surface area contributed by atoms with Crippen LogP contribution in [0.3, 0.4) is 0 Å². The van der Waals surface area contributed by atoms with E-state index in [0.717, 1.165) is 29.8 Å². The highest BCUT2D eigenvalue weighted by atomic mass is 35.5. The Bertz CT molecular complexity index is 367. The first kappa shape index (κ1) is 13.8. The molecule has 1 aromatic rings. The summed E-state index contributed by atoms with van der Waals surface area (Å²) >= 11 is 6.23. The van der Waals surface area contributed by atoms with Crippen LogP contribution in [0, 0.1) is 11.8 Å². The zero-order valence-electron chi connectivity index (χ0n) is 11.2. The first-order valence-electron chi connectivity index (χ1n) is 7.04. The topological polar surface area (TPSA) is 24.9 Å². The molecule has 1 aromatic heterocycles. The van der Waals surface area contributed by atoms with E-state index in [9.17, 15) is 0 Å². The average molecular weight is 267 g/mol. The second kappa shape index (κ2) is 7.10. The maximum atomic E-state index is 6.23. The molecule has 3 heteroatoms. The van der Waals surface area contributed by atoms with Crippen LogP contribution in [0.1, 0.15) is 37.7 Å². The number of rotatable bonds is 4. The summed E-state index contributed by atoms with van der Waals surface area (Å²) in [6.45, 7) is 1.13. The minimum atomic E-state index is 0.764. The van der Waals surface area contributed by atoms with Crippen molar-refractivity contribution in [1.29, 1.82) is 0 Å². The highest BCUT2D eigenvalue weighted by molar-refractivity contribution is 6.31. The number of hydrogen-bond acceptors (Lipinski definition) is 2. The van der Waals surface area contributed by atoms with Crippen molar-refractivity contribution in [1.82, 2.24) is 10.3 Å². The van der Waals surface area contributed by atoms with Crippen molar-refractivity contribution >= 4 is 11.6 Å². The molecule has 0 aliphatic heterocycles. The minimum Gasteiger partial charge on any atom is -0.319 e. The number of nitrogens with one attached hydrogen (secondary N) is 1. The number of halogens is 1. The van der Waals surface area contributed by atoms with Gasteiger partial charge in [-0.1, -0.05) is 30.9 Å². The molecule has 100 valence electrons.